The van der Waals surface area contributed by atoms with Crippen molar-refractivity contribution in [2.75, 3.05) is 31.1 Å². The predicted molar refractivity (Wildman–Crippen MR) is 114 cm³/mol. The molecule has 1 atom stereocenters. The van der Waals surface area contributed by atoms with Crippen LogP contribution in [0.3, 0.4) is 0 Å². The molecule has 2 heterocycles. The third kappa shape index (κ3) is 4.58. The van der Waals surface area contributed by atoms with Crippen molar-refractivity contribution in [2.45, 2.75) is 17.6 Å². The lowest BCUT2D eigenvalue weighted by molar-refractivity contribution is -0.137. The van der Waals surface area contributed by atoms with Gasteiger partial charge in [0.05, 0.1) is 10.5 Å². The van der Waals surface area contributed by atoms with Crippen molar-refractivity contribution in [2.24, 2.45) is 5.18 Å². The molecule has 0 radical (unpaired) electrons. The molecule has 11 heteroatoms. The number of halogens is 3. The summed E-state index contributed by atoms with van der Waals surface area (Å²) in [4.78, 5) is 24.2. The Hall–Kier alpha value is -3.05. The first-order valence-electron chi connectivity index (χ1n) is 9.80. The number of nitrogens with zero attached hydrogens (tertiary/aromatic N) is 4. The molecule has 0 aliphatic carbocycles. The molecule has 4 rings (SSSR count). The highest BCUT2D eigenvalue weighted by molar-refractivity contribution is 7.82. The summed E-state index contributed by atoms with van der Waals surface area (Å²) in [6.45, 7) is 1.91. The number of alkyl halides is 3. The van der Waals surface area contributed by atoms with Crippen molar-refractivity contribution in [1.29, 1.82) is 0 Å². The highest BCUT2D eigenvalue weighted by atomic mass is 32.2. The monoisotopic (exact) mass is 464 g/mol. The van der Waals surface area contributed by atoms with Gasteiger partial charge in [0.15, 0.2) is 0 Å². The van der Waals surface area contributed by atoms with E-state index in [0.717, 1.165) is 23.0 Å². The lowest BCUT2D eigenvalue weighted by Crippen LogP contribution is -2.46. The maximum absolute atomic E-state index is 13.0. The van der Waals surface area contributed by atoms with Gasteiger partial charge in [0, 0.05) is 54.1 Å². The van der Waals surface area contributed by atoms with Crippen LogP contribution in [0, 0.1) is 4.91 Å². The van der Waals surface area contributed by atoms with Crippen LogP contribution in [0.2, 0.25) is 0 Å². The number of carbonyl (C=O) groups is 1. The first kappa shape index (κ1) is 22.2. The van der Waals surface area contributed by atoms with Gasteiger partial charge >= 0.3 is 12.1 Å². The van der Waals surface area contributed by atoms with Gasteiger partial charge < -0.3 is 9.47 Å². The van der Waals surface area contributed by atoms with Crippen LogP contribution in [0.15, 0.2) is 64.8 Å². The van der Waals surface area contributed by atoms with Gasteiger partial charge in [-0.1, -0.05) is 0 Å². The lowest BCUT2D eigenvalue weighted by atomic mass is 10.2. The van der Waals surface area contributed by atoms with Gasteiger partial charge in [-0.25, -0.2) is 8.51 Å². The number of hydrogen-bond donors (Lipinski definition) is 0. The zero-order chi connectivity index (χ0) is 22.9. The van der Waals surface area contributed by atoms with E-state index < -0.39 is 28.6 Å². The number of piperazine rings is 1. The number of aromatic nitrogens is 1. The fraction of sp³-hybridized carbons (Fsp3) is 0.286. The van der Waals surface area contributed by atoms with Crippen LogP contribution in [-0.2, 0) is 28.5 Å². The molecular formula is C21H19F3N4O3S. The minimum Gasteiger partial charge on any atom is -0.369 e. The van der Waals surface area contributed by atoms with Gasteiger partial charge in [0.1, 0.15) is 17.5 Å². The molecule has 32 heavy (non-hydrogen) atoms. The highest BCUT2D eigenvalue weighted by Gasteiger charge is 2.30. The second kappa shape index (κ2) is 8.83. The zero-order valence-electron chi connectivity index (χ0n) is 16.8. The van der Waals surface area contributed by atoms with Gasteiger partial charge in [0.2, 0.25) is 0 Å². The number of rotatable bonds is 5. The van der Waals surface area contributed by atoms with Gasteiger partial charge in [-0.3, -0.25) is 4.79 Å². The van der Waals surface area contributed by atoms with Crippen molar-refractivity contribution in [3.8, 4) is 0 Å². The minimum atomic E-state index is -4.36. The first-order chi connectivity index (χ1) is 15.3. The molecule has 168 valence electrons. The summed E-state index contributed by atoms with van der Waals surface area (Å²) in [7, 11) is -1.40. The second-order valence-corrected chi connectivity index (χ2v) is 8.85. The SMILES string of the molecule is O=NC(=O)Cn1ccc2cc(S(=O)N3CCN(c4ccc(C(F)(F)F)cc4)CC3)ccc21. The number of hydrogen-bond acceptors (Lipinski definition) is 4. The van der Waals surface area contributed by atoms with E-state index in [9.17, 15) is 27.1 Å². The molecule has 1 unspecified atom stereocenters. The minimum absolute atomic E-state index is 0.151. The van der Waals surface area contributed by atoms with E-state index in [0.29, 0.717) is 36.8 Å². The van der Waals surface area contributed by atoms with Crippen molar-refractivity contribution >= 4 is 33.5 Å². The largest absolute Gasteiger partial charge is 0.416 e. The summed E-state index contributed by atoms with van der Waals surface area (Å²) in [6.07, 6.45) is -2.69. The Bertz CT molecular complexity index is 1170. The number of amides is 1. The van der Waals surface area contributed by atoms with Gasteiger partial charge in [0.25, 0.3) is 0 Å². The Morgan fingerprint density at radius 3 is 2.31 bits per heavy atom. The Morgan fingerprint density at radius 1 is 1.00 bits per heavy atom. The van der Waals surface area contributed by atoms with Crippen LogP contribution in [0.1, 0.15) is 5.56 Å². The predicted octanol–water partition coefficient (Wildman–Crippen LogP) is 3.80. The van der Waals surface area contributed by atoms with E-state index in [2.05, 4.69) is 5.18 Å². The van der Waals surface area contributed by atoms with Crippen molar-refractivity contribution in [3.63, 3.8) is 0 Å². The maximum atomic E-state index is 13.0. The summed E-state index contributed by atoms with van der Waals surface area (Å²) in [6, 6.07) is 12.1. The van der Waals surface area contributed by atoms with Crippen LogP contribution in [0.4, 0.5) is 18.9 Å². The van der Waals surface area contributed by atoms with E-state index in [1.165, 1.54) is 12.1 Å². The van der Waals surface area contributed by atoms with Crippen LogP contribution in [0.25, 0.3) is 10.9 Å². The Morgan fingerprint density at radius 2 is 1.69 bits per heavy atom. The second-order valence-electron chi connectivity index (χ2n) is 7.36. The molecule has 7 nitrogen and oxygen atoms in total. The molecule has 0 spiro atoms. The van der Waals surface area contributed by atoms with Crippen molar-refractivity contribution in [1.82, 2.24) is 8.87 Å². The van der Waals surface area contributed by atoms with Crippen LogP contribution in [-0.4, -0.2) is 45.2 Å². The number of nitroso groups, excluding NO2 is 1. The first-order valence-corrected chi connectivity index (χ1v) is 10.9. The topological polar surface area (TPSA) is 75.0 Å². The lowest BCUT2D eigenvalue weighted by Gasteiger charge is -2.35. The molecule has 3 aromatic rings. The summed E-state index contributed by atoms with van der Waals surface area (Å²) in [5.41, 5.74) is 0.748. The number of benzene rings is 2. The molecule has 0 bridgehead atoms. The fourth-order valence-electron chi connectivity index (χ4n) is 3.72. The summed E-state index contributed by atoms with van der Waals surface area (Å²) in [5, 5.41) is 3.19. The third-order valence-corrected chi connectivity index (χ3v) is 6.88. The van der Waals surface area contributed by atoms with E-state index >= 15 is 0 Å². The van der Waals surface area contributed by atoms with Crippen LogP contribution in [0.5, 0.6) is 0 Å². The summed E-state index contributed by atoms with van der Waals surface area (Å²) >= 11 is 0. The Labute approximate surface area is 184 Å². The molecule has 2 aromatic carbocycles. The standard InChI is InChI=1S/C21H19F3N4O3S/c22-21(23,24)16-1-3-17(4-2-16)26-9-11-28(12-10-26)32(31)18-5-6-19-15(13-18)7-8-27(19)14-20(29)25-30/h1-8,13H,9-12,14H2. The maximum Gasteiger partial charge on any atom is 0.416 e. The van der Waals surface area contributed by atoms with Crippen LogP contribution >= 0.6 is 0 Å². The molecule has 0 saturated carbocycles. The Kier molecular flexibility index (Phi) is 6.11. The van der Waals surface area contributed by atoms with Gasteiger partial charge in [-0.2, -0.15) is 13.2 Å². The molecular weight excluding hydrogens is 445 g/mol. The van der Waals surface area contributed by atoms with Crippen LogP contribution < -0.4 is 4.90 Å². The molecule has 1 aromatic heterocycles. The Balaban J connectivity index is 1.41. The quantitative estimate of drug-likeness (QED) is 0.539. The fourth-order valence-corrected chi connectivity index (χ4v) is 4.93. The van der Waals surface area contributed by atoms with Crippen molar-refractivity contribution in [3.05, 3.63) is 65.2 Å². The van der Waals surface area contributed by atoms with Gasteiger partial charge in [-0.05, 0) is 48.5 Å². The summed E-state index contributed by atoms with van der Waals surface area (Å²) in [5.74, 6) is -0.777. The molecule has 1 fully saturated rings. The highest BCUT2D eigenvalue weighted by Crippen LogP contribution is 2.31. The van der Waals surface area contributed by atoms with E-state index in [1.54, 1.807) is 35.0 Å². The number of fused-ring (bicyclic) bond motifs is 1. The smallest absolute Gasteiger partial charge is 0.369 e. The third-order valence-electron chi connectivity index (χ3n) is 5.38. The van der Waals surface area contributed by atoms with Crippen molar-refractivity contribution < 1.29 is 22.2 Å². The average molecular weight is 464 g/mol. The molecule has 1 saturated heterocycles. The van der Waals surface area contributed by atoms with E-state index in [-0.39, 0.29) is 6.54 Å². The average Bonchev–Trinajstić information content (AvgIpc) is 3.20. The molecule has 1 aliphatic rings. The summed E-state index contributed by atoms with van der Waals surface area (Å²) < 4.78 is 54.7. The molecule has 0 N–H and O–H groups in total. The molecule has 1 aliphatic heterocycles. The normalized spacial score (nSPS) is 16.3. The van der Waals surface area contributed by atoms with E-state index in [4.69, 9.17) is 0 Å². The number of anilines is 1. The molecule has 1 amide bonds. The van der Waals surface area contributed by atoms with E-state index in [1.807, 2.05) is 9.21 Å². The zero-order valence-corrected chi connectivity index (χ0v) is 17.6. The number of carbonyl (C=O) groups excluding carboxylic acids is 1. The van der Waals surface area contributed by atoms with Gasteiger partial charge in [-0.15, -0.1) is 4.91 Å².